The number of benzene rings is 1. The van der Waals surface area contributed by atoms with Gasteiger partial charge in [-0.15, -0.1) is 5.10 Å². The fourth-order valence-corrected chi connectivity index (χ4v) is 4.25. The van der Waals surface area contributed by atoms with Crippen molar-refractivity contribution in [3.05, 3.63) is 59.0 Å². The first-order valence-corrected chi connectivity index (χ1v) is 11.7. The third kappa shape index (κ3) is 4.80. The molecular weight excluding hydrogens is 487 g/mol. The van der Waals surface area contributed by atoms with E-state index in [-0.39, 0.29) is 29.1 Å². The molecule has 0 unspecified atom stereocenters. The van der Waals surface area contributed by atoms with Gasteiger partial charge in [0.1, 0.15) is 6.07 Å². The minimum absolute atomic E-state index is 0.104. The summed E-state index contributed by atoms with van der Waals surface area (Å²) in [6, 6.07) is 7.14. The Morgan fingerprint density at radius 2 is 2.00 bits per heavy atom. The number of hydrogen-bond donors (Lipinski definition) is 2. The maximum Gasteiger partial charge on any atom is 0.501 e. The van der Waals surface area contributed by atoms with Gasteiger partial charge < -0.3 is 11.1 Å². The standard InChI is InChI=1S/C21H18F3N7O3S/c1-11(18-29-20(26)30-31(18)17-5-2-12(9-25)10-27-17)28-19(32)15-6-14(13-3-4-13)7-16(8-15)35(33,34)21(22,23)24/h2,5-8,10-11,13H,3-4H2,1H3,(H2,26,30)(H,28,32)/t11-/m0/s1. The second kappa shape index (κ2) is 8.66. The van der Waals surface area contributed by atoms with Crippen molar-refractivity contribution >= 4 is 21.7 Å². The molecule has 35 heavy (non-hydrogen) atoms. The number of carbonyl (C=O) groups excluding carboxylic acids is 1. The largest absolute Gasteiger partial charge is 0.501 e. The lowest BCUT2D eigenvalue weighted by Crippen LogP contribution is -2.29. The van der Waals surface area contributed by atoms with Crippen LogP contribution >= 0.6 is 0 Å². The Balaban J connectivity index is 1.65. The number of rotatable bonds is 6. The molecular formula is C21H18F3N7O3S. The molecule has 1 atom stereocenters. The van der Waals surface area contributed by atoms with Gasteiger partial charge in [-0.1, -0.05) is 0 Å². The number of nitriles is 1. The summed E-state index contributed by atoms with van der Waals surface area (Å²) in [6.45, 7) is 1.54. The molecule has 0 saturated heterocycles. The van der Waals surface area contributed by atoms with Crippen molar-refractivity contribution in [1.29, 1.82) is 5.26 Å². The molecule has 1 aliphatic carbocycles. The van der Waals surface area contributed by atoms with E-state index in [1.165, 1.54) is 29.1 Å². The first-order chi connectivity index (χ1) is 16.4. The van der Waals surface area contributed by atoms with Crippen LogP contribution in [0.15, 0.2) is 41.4 Å². The van der Waals surface area contributed by atoms with Gasteiger partial charge in [-0.3, -0.25) is 4.79 Å². The molecule has 0 bridgehead atoms. The van der Waals surface area contributed by atoms with Gasteiger partial charge >= 0.3 is 5.51 Å². The highest BCUT2D eigenvalue weighted by Gasteiger charge is 2.47. The van der Waals surface area contributed by atoms with Crippen molar-refractivity contribution < 1.29 is 26.4 Å². The summed E-state index contributed by atoms with van der Waals surface area (Å²) < 4.78 is 64.7. The van der Waals surface area contributed by atoms with Gasteiger partial charge in [0.15, 0.2) is 11.6 Å². The highest BCUT2D eigenvalue weighted by atomic mass is 32.2. The Morgan fingerprint density at radius 3 is 2.57 bits per heavy atom. The highest BCUT2D eigenvalue weighted by molar-refractivity contribution is 7.92. The highest BCUT2D eigenvalue weighted by Crippen LogP contribution is 2.42. The molecule has 2 aromatic heterocycles. The molecule has 182 valence electrons. The van der Waals surface area contributed by atoms with Crippen molar-refractivity contribution in [3.8, 4) is 11.9 Å². The molecule has 2 heterocycles. The van der Waals surface area contributed by atoms with E-state index in [0.717, 1.165) is 6.07 Å². The number of pyridine rings is 1. The quantitative estimate of drug-likeness (QED) is 0.518. The molecule has 1 aliphatic rings. The van der Waals surface area contributed by atoms with E-state index in [1.807, 2.05) is 6.07 Å². The summed E-state index contributed by atoms with van der Waals surface area (Å²) in [5.74, 6) is -0.609. The molecule has 1 aromatic carbocycles. The van der Waals surface area contributed by atoms with E-state index in [9.17, 15) is 26.4 Å². The second-order valence-electron chi connectivity index (χ2n) is 7.97. The number of amides is 1. The van der Waals surface area contributed by atoms with Crippen molar-refractivity contribution in [3.63, 3.8) is 0 Å². The van der Waals surface area contributed by atoms with Crippen molar-refractivity contribution in [2.24, 2.45) is 0 Å². The van der Waals surface area contributed by atoms with Crippen molar-refractivity contribution in [2.45, 2.75) is 42.1 Å². The fraction of sp³-hybridized carbons (Fsp3) is 0.286. The number of nitrogen functional groups attached to an aromatic ring is 1. The van der Waals surface area contributed by atoms with E-state index in [2.05, 4.69) is 20.4 Å². The number of nitrogens with zero attached hydrogens (tertiary/aromatic N) is 5. The van der Waals surface area contributed by atoms with Gasteiger partial charge in [0, 0.05) is 11.8 Å². The summed E-state index contributed by atoms with van der Waals surface area (Å²) in [7, 11) is -5.64. The van der Waals surface area contributed by atoms with Gasteiger partial charge in [0.2, 0.25) is 5.95 Å². The summed E-state index contributed by atoms with van der Waals surface area (Å²) in [4.78, 5) is 20.2. The van der Waals surface area contributed by atoms with Gasteiger partial charge in [-0.25, -0.2) is 13.4 Å². The summed E-state index contributed by atoms with van der Waals surface area (Å²) >= 11 is 0. The second-order valence-corrected chi connectivity index (χ2v) is 9.91. The number of anilines is 1. The van der Waals surface area contributed by atoms with Crippen LogP contribution in [0, 0.1) is 11.3 Å². The monoisotopic (exact) mass is 505 g/mol. The third-order valence-electron chi connectivity index (χ3n) is 5.33. The van der Waals surface area contributed by atoms with Gasteiger partial charge in [-0.05, 0) is 61.6 Å². The SMILES string of the molecule is C[C@H](NC(=O)c1cc(C2CC2)cc(S(=O)(=O)C(F)(F)F)c1)c1nc(N)nn1-c1ccc(C#N)cn1. The van der Waals surface area contributed by atoms with Crippen LogP contribution < -0.4 is 11.1 Å². The Kier molecular flexibility index (Phi) is 5.97. The van der Waals surface area contributed by atoms with E-state index in [0.29, 0.717) is 30.0 Å². The van der Waals surface area contributed by atoms with Crippen LogP contribution in [0.5, 0.6) is 0 Å². The molecule has 10 nitrogen and oxygen atoms in total. The van der Waals surface area contributed by atoms with E-state index >= 15 is 0 Å². The number of halogens is 3. The fourth-order valence-electron chi connectivity index (χ4n) is 3.41. The van der Waals surface area contributed by atoms with E-state index < -0.39 is 32.2 Å². The van der Waals surface area contributed by atoms with Crippen LogP contribution in [0.1, 0.15) is 59.0 Å². The van der Waals surface area contributed by atoms with E-state index in [1.54, 1.807) is 6.92 Å². The minimum atomic E-state index is -5.64. The molecule has 0 aliphatic heterocycles. The molecule has 3 aromatic rings. The normalized spacial score (nSPS) is 14.8. The van der Waals surface area contributed by atoms with Crippen molar-refractivity contribution in [1.82, 2.24) is 25.1 Å². The van der Waals surface area contributed by atoms with Crippen LogP contribution in [0.2, 0.25) is 0 Å². The number of carbonyl (C=O) groups is 1. The van der Waals surface area contributed by atoms with E-state index in [4.69, 9.17) is 11.0 Å². The lowest BCUT2D eigenvalue weighted by molar-refractivity contribution is -0.0436. The zero-order valence-electron chi connectivity index (χ0n) is 18.1. The predicted octanol–water partition coefficient (Wildman–Crippen LogP) is 2.78. The van der Waals surface area contributed by atoms with Crippen LogP contribution in [0.4, 0.5) is 19.1 Å². The third-order valence-corrected chi connectivity index (χ3v) is 6.80. The summed E-state index contributed by atoms with van der Waals surface area (Å²) in [5.41, 5.74) is 0.633. The molecule has 4 rings (SSSR count). The molecule has 1 amide bonds. The lowest BCUT2D eigenvalue weighted by atomic mass is 10.1. The molecule has 1 fully saturated rings. The number of aromatic nitrogens is 4. The van der Waals surface area contributed by atoms with Crippen LogP contribution in [0.3, 0.4) is 0 Å². The number of sulfone groups is 1. The first-order valence-electron chi connectivity index (χ1n) is 10.3. The van der Waals surface area contributed by atoms with Crippen molar-refractivity contribution in [2.75, 3.05) is 5.73 Å². The maximum absolute atomic E-state index is 13.1. The number of hydrogen-bond acceptors (Lipinski definition) is 8. The molecule has 1 saturated carbocycles. The predicted molar refractivity (Wildman–Crippen MR) is 116 cm³/mol. The summed E-state index contributed by atoms with van der Waals surface area (Å²) in [6.07, 6.45) is 2.69. The number of alkyl halides is 3. The topological polar surface area (TPSA) is 157 Å². The Morgan fingerprint density at radius 1 is 1.29 bits per heavy atom. The van der Waals surface area contributed by atoms with Crippen LogP contribution in [-0.2, 0) is 9.84 Å². The smallest absolute Gasteiger partial charge is 0.366 e. The zero-order chi connectivity index (χ0) is 25.5. The average molecular weight is 505 g/mol. The number of nitrogens with one attached hydrogen (secondary N) is 1. The van der Waals surface area contributed by atoms with Gasteiger partial charge in [-0.2, -0.15) is 28.1 Å². The number of nitrogens with two attached hydrogens (primary N) is 1. The zero-order valence-corrected chi connectivity index (χ0v) is 18.9. The average Bonchev–Trinajstić information content (AvgIpc) is 3.59. The van der Waals surface area contributed by atoms with Crippen LogP contribution in [-0.4, -0.2) is 39.6 Å². The maximum atomic E-state index is 13.1. The Bertz CT molecular complexity index is 1440. The van der Waals surface area contributed by atoms with Gasteiger partial charge in [0.25, 0.3) is 15.7 Å². The molecule has 3 N–H and O–H groups in total. The van der Waals surface area contributed by atoms with Gasteiger partial charge in [0.05, 0.1) is 16.5 Å². The molecule has 0 radical (unpaired) electrons. The molecule has 0 spiro atoms. The Hall–Kier alpha value is -3.99. The molecule has 14 heteroatoms. The lowest BCUT2D eigenvalue weighted by Gasteiger charge is -2.16. The first kappa shape index (κ1) is 24.1. The minimum Gasteiger partial charge on any atom is -0.366 e. The van der Waals surface area contributed by atoms with Crippen LogP contribution in [0.25, 0.3) is 5.82 Å². The Labute approximate surface area is 197 Å². The summed E-state index contributed by atoms with van der Waals surface area (Å²) in [5, 5.41) is 15.6.